The Bertz CT molecular complexity index is 673. The third kappa shape index (κ3) is 6.07. The molecule has 6 nitrogen and oxygen atoms in total. The molecule has 1 aliphatic carbocycles. The lowest BCUT2D eigenvalue weighted by atomic mass is 9.81. The van der Waals surface area contributed by atoms with Gasteiger partial charge in [0.15, 0.2) is 0 Å². The quantitative estimate of drug-likeness (QED) is 0.644. The van der Waals surface area contributed by atoms with Crippen LogP contribution in [0.25, 0.3) is 0 Å². The highest BCUT2D eigenvalue weighted by Gasteiger charge is 2.29. The minimum Gasteiger partial charge on any atom is -0.388 e. The summed E-state index contributed by atoms with van der Waals surface area (Å²) in [6, 6.07) is 9.49. The predicted molar refractivity (Wildman–Crippen MR) is 106 cm³/mol. The fourth-order valence-corrected chi connectivity index (χ4v) is 4.19. The fourth-order valence-electron chi connectivity index (χ4n) is 3.35. The average Bonchev–Trinajstić information content (AvgIpc) is 2.67. The number of nitrogens with one attached hydrogen (secondary N) is 1. The van der Waals surface area contributed by atoms with Gasteiger partial charge in [0.1, 0.15) is 0 Å². The summed E-state index contributed by atoms with van der Waals surface area (Å²) in [4.78, 5) is 4.46. The molecule has 2 rings (SSSR count). The molecule has 0 saturated heterocycles. The van der Waals surface area contributed by atoms with Crippen LogP contribution < -0.4 is 4.83 Å². The summed E-state index contributed by atoms with van der Waals surface area (Å²) < 4.78 is 24.5. The highest BCUT2D eigenvalue weighted by atomic mass is 32.2. The number of sulfonamides is 1. The Morgan fingerprint density at radius 1 is 1.23 bits per heavy atom. The lowest BCUT2D eigenvalue weighted by Crippen LogP contribution is -2.34. The number of nitrogens with zero attached hydrogens (tertiary/aromatic N) is 2. The molecule has 0 radical (unpaired) electrons. The Morgan fingerprint density at radius 3 is 2.58 bits per heavy atom. The molecule has 2 atom stereocenters. The van der Waals surface area contributed by atoms with Gasteiger partial charge in [0, 0.05) is 18.2 Å². The number of rotatable bonds is 9. The second-order valence-electron chi connectivity index (χ2n) is 6.75. The Hall–Kier alpha value is -1.44. The van der Waals surface area contributed by atoms with Gasteiger partial charge >= 0.3 is 0 Å². The van der Waals surface area contributed by atoms with Gasteiger partial charge in [0.05, 0.1) is 11.9 Å². The number of hydrogen-bond donors (Lipinski definition) is 2. The summed E-state index contributed by atoms with van der Waals surface area (Å²) in [5, 5.41) is 14.9. The lowest BCUT2D eigenvalue weighted by Gasteiger charge is -2.28. The number of benzene rings is 1. The van der Waals surface area contributed by atoms with Crippen molar-refractivity contribution in [3.8, 4) is 0 Å². The zero-order chi connectivity index (χ0) is 19.0. The molecule has 0 aromatic heterocycles. The SMILES string of the molecule is CCN(CC)CCS(=O)(=O)N/N=C1/CCCCC1C(O)c1ccccc1. The molecule has 0 heterocycles. The first kappa shape index (κ1) is 20.9. The lowest BCUT2D eigenvalue weighted by molar-refractivity contribution is 0.129. The third-order valence-electron chi connectivity index (χ3n) is 5.05. The van der Waals surface area contributed by atoms with Crippen LogP contribution in [0, 0.1) is 5.92 Å². The van der Waals surface area contributed by atoms with Crippen molar-refractivity contribution in [1.82, 2.24) is 9.73 Å². The van der Waals surface area contributed by atoms with Crippen LogP contribution in [0.4, 0.5) is 0 Å². The van der Waals surface area contributed by atoms with Crippen LogP contribution in [-0.2, 0) is 10.0 Å². The van der Waals surface area contributed by atoms with E-state index in [1.54, 1.807) is 0 Å². The number of hydrazone groups is 1. The smallest absolute Gasteiger partial charge is 0.248 e. The summed E-state index contributed by atoms with van der Waals surface area (Å²) in [6.45, 7) is 6.17. The summed E-state index contributed by atoms with van der Waals surface area (Å²) in [7, 11) is -3.47. The fraction of sp³-hybridized carbons (Fsp3) is 0.632. The van der Waals surface area contributed by atoms with Crippen LogP contribution in [0.3, 0.4) is 0 Å². The van der Waals surface area contributed by atoms with Gasteiger partial charge in [-0.05, 0) is 37.9 Å². The minimum atomic E-state index is -3.47. The largest absolute Gasteiger partial charge is 0.388 e. The molecule has 0 aliphatic heterocycles. The second kappa shape index (κ2) is 10.0. The Balaban J connectivity index is 2.04. The van der Waals surface area contributed by atoms with Gasteiger partial charge in [0.2, 0.25) is 10.0 Å². The van der Waals surface area contributed by atoms with Crippen LogP contribution in [0.1, 0.15) is 51.2 Å². The second-order valence-corrected chi connectivity index (χ2v) is 8.57. The van der Waals surface area contributed by atoms with E-state index >= 15 is 0 Å². The summed E-state index contributed by atoms with van der Waals surface area (Å²) in [5.74, 6) is -0.117. The van der Waals surface area contributed by atoms with E-state index in [4.69, 9.17) is 0 Å². The maximum absolute atomic E-state index is 12.2. The highest BCUT2D eigenvalue weighted by Crippen LogP contribution is 2.32. The van der Waals surface area contributed by atoms with Crippen LogP contribution in [0.2, 0.25) is 0 Å². The molecule has 7 heteroatoms. The summed E-state index contributed by atoms with van der Waals surface area (Å²) in [6.07, 6.45) is 2.86. The van der Waals surface area contributed by atoms with Gasteiger partial charge in [-0.25, -0.2) is 13.2 Å². The molecular formula is C19H31N3O3S. The maximum atomic E-state index is 12.2. The molecule has 0 bridgehead atoms. The van der Waals surface area contributed by atoms with Gasteiger partial charge in [-0.3, -0.25) is 0 Å². The zero-order valence-corrected chi connectivity index (χ0v) is 16.6. The van der Waals surface area contributed by atoms with E-state index in [-0.39, 0.29) is 11.7 Å². The average molecular weight is 382 g/mol. The molecule has 2 unspecified atom stereocenters. The zero-order valence-electron chi connectivity index (χ0n) is 15.8. The number of aliphatic hydroxyl groups is 1. The first-order valence-electron chi connectivity index (χ1n) is 9.48. The van der Waals surface area contributed by atoms with Crippen molar-refractivity contribution in [3.05, 3.63) is 35.9 Å². The van der Waals surface area contributed by atoms with Gasteiger partial charge < -0.3 is 10.0 Å². The molecule has 1 saturated carbocycles. The number of hydrogen-bond acceptors (Lipinski definition) is 5. The number of aliphatic hydroxyl groups excluding tert-OH is 1. The molecule has 0 spiro atoms. The van der Waals surface area contributed by atoms with Gasteiger partial charge in [-0.2, -0.15) is 5.10 Å². The van der Waals surface area contributed by atoms with Crippen LogP contribution in [0.15, 0.2) is 35.4 Å². The van der Waals surface area contributed by atoms with Crippen molar-refractivity contribution in [1.29, 1.82) is 0 Å². The van der Waals surface area contributed by atoms with E-state index in [9.17, 15) is 13.5 Å². The predicted octanol–water partition coefficient (Wildman–Crippen LogP) is 2.53. The molecule has 1 aliphatic rings. The van der Waals surface area contributed by atoms with Crippen LogP contribution in [-0.4, -0.2) is 49.5 Å². The van der Waals surface area contributed by atoms with E-state index in [0.29, 0.717) is 13.0 Å². The van der Waals surface area contributed by atoms with E-state index in [1.165, 1.54) is 0 Å². The van der Waals surface area contributed by atoms with Crippen molar-refractivity contribution >= 4 is 15.7 Å². The maximum Gasteiger partial charge on any atom is 0.248 e. The van der Waals surface area contributed by atoms with E-state index < -0.39 is 16.1 Å². The van der Waals surface area contributed by atoms with Gasteiger partial charge in [0.25, 0.3) is 0 Å². The minimum absolute atomic E-state index is 0.0252. The molecule has 146 valence electrons. The van der Waals surface area contributed by atoms with Gasteiger partial charge in [-0.15, -0.1) is 0 Å². The molecular weight excluding hydrogens is 350 g/mol. The first-order chi connectivity index (χ1) is 12.5. The van der Waals surface area contributed by atoms with E-state index in [0.717, 1.165) is 43.6 Å². The summed E-state index contributed by atoms with van der Waals surface area (Å²) in [5.41, 5.74) is 1.59. The van der Waals surface area contributed by atoms with Crippen LogP contribution in [0.5, 0.6) is 0 Å². The van der Waals surface area contributed by atoms with E-state index in [1.807, 2.05) is 44.2 Å². The third-order valence-corrected chi connectivity index (χ3v) is 6.14. The standard InChI is InChI=1S/C19H31N3O3S/c1-3-22(4-2)14-15-26(24,25)21-20-18-13-9-8-12-17(18)19(23)16-10-6-5-7-11-16/h5-7,10-11,17,19,21,23H,3-4,8-9,12-15H2,1-2H3/b20-18-. The van der Waals surface area contributed by atoms with E-state index in [2.05, 4.69) is 14.8 Å². The first-order valence-corrected chi connectivity index (χ1v) is 11.1. The van der Waals surface area contributed by atoms with Crippen molar-refractivity contribution in [2.24, 2.45) is 11.0 Å². The molecule has 1 fully saturated rings. The van der Waals surface area contributed by atoms with Crippen molar-refractivity contribution in [2.75, 3.05) is 25.4 Å². The van der Waals surface area contributed by atoms with Crippen LogP contribution >= 0.6 is 0 Å². The molecule has 2 N–H and O–H groups in total. The molecule has 26 heavy (non-hydrogen) atoms. The topological polar surface area (TPSA) is 82.0 Å². The molecule has 0 amide bonds. The van der Waals surface area contributed by atoms with Gasteiger partial charge in [-0.1, -0.05) is 50.6 Å². The molecule has 1 aromatic rings. The normalized spacial score (nSPS) is 21.1. The summed E-state index contributed by atoms with van der Waals surface area (Å²) >= 11 is 0. The Morgan fingerprint density at radius 2 is 1.92 bits per heavy atom. The Kier molecular flexibility index (Phi) is 8.06. The highest BCUT2D eigenvalue weighted by molar-refractivity contribution is 7.89. The Labute approximate surface area is 157 Å². The molecule has 1 aromatic carbocycles. The van der Waals surface area contributed by atoms with Crippen molar-refractivity contribution < 1.29 is 13.5 Å². The van der Waals surface area contributed by atoms with Crippen molar-refractivity contribution in [3.63, 3.8) is 0 Å². The van der Waals surface area contributed by atoms with Crippen molar-refractivity contribution in [2.45, 2.75) is 45.6 Å². The monoisotopic (exact) mass is 381 g/mol.